The van der Waals surface area contributed by atoms with Gasteiger partial charge in [-0.15, -0.1) is 35.3 Å². The number of aryl methyl sites for hydroxylation is 3. The second-order valence-electron chi connectivity index (χ2n) is 8.35. The maximum Gasteiger partial charge on any atom is 0.191 e. The summed E-state index contributed by atoms with van der Waals surface area (Å²) >= 11 is 1.95. The van der Waals surface area contributed by atoms with Crippen molar-refractivity contribution in [3.63, 3.8) is 0 Å². The lowest BCUT2D eigenvalue weighted by molar-refractivity contribution is 0.242. The third-order valence-corrected chi connectivity index (χ3v) is 7.59. The van der Waals surface area contributed by atoms with Gasteiger partial charge in [0.2, 0.25) is 0 Å². The highest BCUT2D eigenvalue weighted by molar-refractivity contribution is 14.0. The maximum absolute atomic E-state index is 4.86. The van der Waals surface area contributed by atoms with E-state index in [-0.39, 0.29) is 24.0 Å². The molecule has 1 aromatic heterocycles. The quantitative estimate of drug-likeness (QED) is 0.261. The van der Waals surface area contributed by atoms with Crippen molar-refractivity contribution in [1.29, 1.82) is 0 Å². The fraction of sp³-hybridized carbons (Fsp3) is 0.810. The number of aliphatic imine (C=N–C) groups is 1. The van der Waals surface area contributed by atoms with Crippen molar-refractivity contribution < 1.29 is 0 Å². The van der Waals surface area contributed by atoms with Crippen LogP contribution in [0.3, 0.4) is 0 Å². The zero-order valence-electron chi connectivity index (χ0n) is 17.2. The number of hydrogen-bond donors (Lipinski definition) is 2. The summed E-state index contributed by atoms with van der Waals surface area (Å²) in [4.78, 5) is 13.5. The Morgan fingerprint density at radius 3 is 2.79 bits per heavy atom. The van der Waals surface area contributed by atoms with E-state index >= 15 is 0 Å². The molecule has 1 aromatic rings. The fourth-order valence-corrected chi connectivity index (χ4v) is 6.05. The third kappa shape index (κ3) is 5.81. The highest BCUT2D eigenvalue weighted by atomic mass is 127. The summed E-state index contributed by atoms with van der Waals surface area (Å²) in [5, 5.41) is 8.48. The van der Waals surface area contributed by atoms with E-state index in [1.165, 1.54) is 81.6 Å². The summed E-state index contributed by atoms with van der Waals surface area (Å²) in [6.45, 7) is 3.38. The molecular weight excluding hydrogens is 481 g/mol. The fourth-order valence-electron chi connectivity index (χ4n) is 4.85. The standard InChI is InChI=1S/C21H35N5S.HI/c1-22-21(24-16-12-14-26(15-16)17-7-2-3-8-17)23-13-6-11-20-25-18-9-4-5-10-19(18)27-20;/h16-17H,2-15H2,1H3,(H2,22,23,24);1H. The molecule has 4 rings (SSSR count). The lowest BCUT2D eigenvalue weighted by Crippen LogP contribution is -2.45. The smallest absolute Gasteiger partial charge is 0.191 e. The van der Waals surface area contributed by atoms with E-state index in [1.54, 1.807) is 4.88 Å². The van der Waals surface area contributed by atoms with Crippen LogP contribution in [0, 0.1) is 0 Å². The number of aromatic nitrogens is 1. The van der Waals surface area contributed by atoms with Gasteiger partial charge in [0.05, 0.1) is 10.7 Å². The zero-order chi connectivity index (χ0) is 18.5. The number of fused-ring (bicyclic) bond motifs is 1. The largest absolute Gasteiger partial charge is 0.356 e. The summed E-state index contributed by atoms with van der Waals surface area (Å²) in [7, 11) is 1.88. The molecule has 2 aliphatic carbocycles. The SMILES string of the molecule is CN=C(NCCCc1nc2c(s1)CCCC2)NC1CCN(C2CCCC2)C1.I. The van der Waals surface area contributed by atoms with Crippen LogP contribution in [0.15, 0.2) is 4.99 Å². The van der Waals surface area contributed by atoms with E-state index in [2.05, 4.69) is 20.5 Å². The molecule has 1 atom stereocenters. The predicted molar refractivity (Wildman–Crippen MR) is 129 cm³/mol. The highest BCUT2D eigenvalue weighted by Gasteiger charge is 2.30. The van der Waals surface area contributed by atoms with Gasteiger partial charge in [0.15, 0.2) is 5.96 Å². The number of rotatable bonds is 6. The lowest BCUT2D eigenvalue weighted by Gasteiger charge is -2.24. The monoisotopic (exact) mass is 517 g/mol. The molecule has 0 bridgehead atoms. The number of likely N-dealkylation sites (tertiary alicyclic amines) is 1. The first-order valence-electron chi connectivity index (χ1n) is 11.0. The van der Waals surface area contributed by atoms with Crippen LogP contribution in [0.4, 0.5) is 0 Å². The molecule has 7 heteroatoms. The van der Waals surface area contributed by atoms with Gasteiger partial charge >= 0.3 is 0 Å². The van der Waals surface area contributed by atoms with Crippen molar-refractivity contribution in [3.05, 3.63) is 15.6 Å². The lowest BCUT2D eigenvalue weighted by atomic mass is 10.0. The molecule has 0 amide bonds. The number of thiazole rings is 1. The first kappa shape index (κ1) is 22.3. The van der Waals surface area contributed by atoms with Gasteiger partial charge < -0.3 is 10.6 Å². The van der Waals surface area contributed by atoms with Gasteiger partial charge in [0.1, 0.15) is 0 Å². The third-order valence-electron chi connectivity index (χ3n) is 6.38. The van der Waals surface area contributed by atoms with E-state index in [0.717, 1.165) is 31.4 Å². The van der Waals surface area contributed by atoms with Crippen LogP contribution in [0.5, 0.6) is 0 Å². The molecule has 1 saturated carbocycles. The molecule has 3 aliphatic rings. The zero-order valence-corrected chi connectivity index (χ0v) is 20.4. The van der Waals surface area contributed by atoms with Gasteiger partial charge in [-0.05, 0) is 51.4 Å². The molecule has 2 N–H and O–H groups in total. The minimum absolute atomic E-state index is 0. The van der Waals surface area contributed by atoms with Crippen molar-refractivity contribution in [2.24, 2.45) is 4.99 Å². The van der Waals surface area contributed by atoms with Crippen molar-refractivity contribution >= 4 is 41.3 Å². The molecule has 158 valence electrons. The molecule has 2 fully saturated rings. The number of hydrogen-bond acceptors (Lipinski definition) is 4. The van der Waals surface area contributed by atoms with Gasteiger partial charge in [-0.1, -0.05) is 12.8 Å². The molecule has 0 spiro atoms. The summed E-state index contributed by atoms with van der Waals surface area (Å²) in [6, 6.07) is 1.39. The minimum atomic E-state index is 0. The van der Waals surface area contributed by atoms with E-state index in [1.807, 2.05) is 18.4 Å². The first-order chi connectivity index (χ1) is 13.3. The summed E-state index contributed by atoms with van der Waals surface area (Å²) in [6.07, 6.45) is 14.2. The van der Waals surface area contributed by atoms with Crippen LogP contribution >= 0.6 is 35.3 Å². The molecule has 0 aromatic carbocycles. The number of guanidine groups is 1. The molecular formula is C21H36IN5S. The van der Waals surface area contributed by atoms with Crippen molar-refractivity contribution in [2.75, 3.05) is 26.7 Å². The summed E-state index contributed by atoms with van der Waals surface area (Å²) in [5.74, 6) is 0.965. The Morgan fingerprint density at radius 2 is 2.00 bits per heavy atom. The average molecular weight is 518 g/mol. The number of nitrogens with zero attached hydrogens (tertiary/aromatic N) is 3. The van der Waals surface area contributed by atoms with Crippen LogP contribution in [0.25, 0.3) is 0 Å². The number of halogens is 1. The van der Waals surface area contributed by atoms with E-state index < -0.39 is 0 Å². The van der Waals surface area contributed by atoms with Crippen molar-refractivity contribution in [3.8, 4) is 0 Å². The molecule has 28 heavy (non-hydrogen) atoms. The van der Waals surface area contributed by atoms with E-state index in [9.17, 15) is 0 Å². The van der Waals surface area contributed by atoms with E-state index in [0.29, 0.717) is 6.04 Å². The Hall–Kier alpha value is -0.410. The molecule has 1 unspecified atom stereocenters. The van der Waals surface area contributed by atoms with Gasteiger partial charge in [-0.3, -0.25) is 9.89 Å². The van der Waals surface area contributed by atoms with Crippen LogP contribution in [0.2, 0.25) is 0 Å². The summed E-state index contributed by atoms with van der Waals surface area (Å²) < 4.78 is 0. The summed E-state index contributed by atoms with van der Waals surface area (Å²) in [5.41, 5.74) is 1.39. The van der Waals surface area contributed by atoms with Crippen LogP contribution in [0.1, 0.15) is 66.9 Å². The molecule has 1 aliphatic heterocycles. The Morgan fingerprint density at radius 1 is 1.18 bits per heavy atom. The van der Waals surface area contributed by atoms with Gasteiger partial charge in [-0.2, -0.15) is 0 Å². The second kappa shape index (κ2) is 11.1. The second-order valence-corrected chi connectivity index (χ2v) is 9.52. The molecule has 5 nitrogen and oxygen atoms in total. The molecule has 2 heterocycles. The van der Waals surface area contributed by atoms with Gasteiger partial charge in [-0.25, -0.2) is 4.98 Å². The minimum Gasteiger partial charge on any atom is -0.356 e. The highest BCUT2D eigenvalue weighted by Crippen LogP contribution is 2.27. The van der Waals surface area contributed by atoms with Crippen LogP contribution in [-0.2, 0) is 19.3 Å². The van der Waals surface area contributed by atoms with Crippen molar-refractivity contribution in [2.45, 2.75) is 82.7 Å². The van der Waals surface area contributed by atoms with Crippen molar-refractivity contribution in [1.82, 2.24) is 20.5 Å². The maximum atomic E-state index is 4.86. The van der Waals surface area contributed by atoms with E-state index in [4.69, 9.17) is 4.98 Å². The Kier molecular flexibility index (Phi) is 8.84. The van der Waals surface area contributed by atoms with Crippen LogP contribution < -0.4 is 10.6 Å². The molecule has 0 radical (unpaired) electrons. The van der Waals surface area contributed by atoms with Gasteiger partial charge in [0.25, 0.3) is 0 Å². The van der Waals surface area contributed by atoms with Crippen LogP contribution in [-0.4, -0.2) is 54.6 Å². The van der Waals surface area contributed by atoms with Gasteiger partial charge in [0, 0.05) is 50.1 Å². The Balaban J connectivity index is 0.00000225. The topological polar surface area (TPSA) is 52.6 Å². The Bertz CT molecular complexity index is 617. The predicted octanol–water partition coefficient (Wildman–Crippen LogP) is 3.75. The normalized spacial score (nSPS) is 23.5. The Labute approximate surface area is 191 Å². The average Bonchev–Trinajstić information content (AvgIpc) is 3.44. The molecule has 1 saturated heterocycles. The number of nitrogens with one attached hydrogen (secondary N) is 2. The first-order valence-corrected chi connectivity index (χ1v) is 11.8.